The van der Waals surface area contributed by atoms with Crippen molar-refractivity contribution in [1.82, 2.24) is 10.3 Å². The number of halogens is 1. The van der Waals surface area contributed by atoms with E-state index < -0.39 is 5.60 Å². The van der Waals surface area contributed by atoms with Crippen molar-refractivity contribution < 1.29 is 19.1 Å². The predicted molar refractivity (Wildman–Crippen MR) is 139 cm³/mol. The number of hydrogen-bond donors (Lipinski definition) is 2. The lowest BCUT2D eigenvalue weighted by Crippen LogP contribution is -2.33. The van der Waals surface area contributed by atoms with Gasteiger partial charge in [-0.25, -0.2) is 9.37 Å². The van der Waals surface area contributed by atoms with Crippen molar-refractivity contribution in [2.24, 2.45) is 0 Å². The van der Waals surface area contributed by atoms with Gasteiger partial charge in [0.05, 0.1) is 11.2 Å². The molecular weight excluding hydrogens is 443 g/mol. The molecule has 0 amide bonds. The lowest BCUT2D eigenvalue weighted by atomic mass is 9.80. The molecule has 0 bridgehead atoms. The minimum Gasteiger partial charge on any atom is -0.378 e. The summed E-state index contributed by atoms with van der Waals surface area (Å²) in [6.07, 6.45) is 5.11. The Bertz CT molecular complexity index is 1240. The van der Waals surface area contributed by atoms with Crippen molar-refractivity contribution in [3.8, 4) is 0 Å². The summed E-state index contributed by atoms with van der Waals surface area (Å²) in [6.45, 7) is 10.8. The number of ketones is 1. The molecule has 5 nitrogen and oxygen atoms in total. The number of Topliss-reactive ketones (excluding diaryl/α,β-unsaturated/α-hetero) is 1. The van der Waals surface area contributed by atoms with Crippen LogP contribution in [0.2, 0.25) is 0 Å². The highest BCUT2D eigenvalue weighted by molar-refractivity contribution is 5.97. The van der Waals surface area contributed by atoms with Crippen LogP contribution in [-0.2, 0) is 22.4 Å². The maximum Gasteiger partial charge on any atom is 0.156 e. The van der Waals surface area contributed by atoms with Gasteiger partial charge in [-0.3, -0.25) is 9.59 Å². The normalized spacial score (nSPS) is 18.3. The van der Waals surface area contributed by atoms with Gasteiger partial charge < -0.3 is 10.4 Å². The van der Waals surface area contributed by atoms with Crippen LogP contribution in [0.1, 0.15) is 87.9 Å². The zero-order valence-electron chi connectivity index (χ0n) is 21.9. The molecule has 6 heteroatoms. The average Bonchev–Trinajstić information content (AvgIpc) is 2.85. The van der Waals surface area contributed by atoms with Gasteiger partial charge in [0.15, 0.2) is 12.1 Å². The Labute approximate surface area is 207 Å². The minimum atomic E-state index is -1.78. The van der Waals surface area contributed by atoms with E-state index in [1.165, 1.54) is 13.0 Å². The smallest absolute Gasteiger partial charge is 0.156 e. The summed E-state index contributed by atoms with van der Waals surface area (Å²) in [6, 6.07) is 1.61. The highest BCUT2D eigenvalue weighted by atomic mass is 19.1. The number of benzene rings is 1. The Morgan fingerprint density at radius 2 is 2.00 bits per heavy atom. The number of rotatable bonds is 9. The number of hydrogen-bond acceptors (Lipinski definition) is 5. The van der Waals surface area contributed by atoms with Crippen LogP contribution in [-0.4, -0.2) is 34.8 Å². The number of pyridine rings is 1. The van der Waals surface area contributed by atoms with E-state index in [-0.39, 0.29) is 24.1 Å². The van der Waals surface area contributed by atoms with Crippen LogP contribution in [0.25, 0.3) is 16.5 Å². The second-order valence-corrected chi connectivity index (χ2v) is 9.47. The zero-order chi connectivity index (χ0) is 26.1. The minimum absolute atomic E-state index is 0.111. The zero-order valence-corrected chi connectivity index (χ0v) is 21.9. The molecule has 2 N–H and O–H groups in total. The van der Waals surface area contributed by atoms with Gasteiger partial charge in [0, 0.05) is 23.1 Å². The van der Waals surface area contributed by atoms with E-state index in [1.54, 1.807) is 13.0 Å². The lowest BCUT2D eigenvalue weighted by molar-refractivity contribution is -0.120. The molecule has 2 aromatic rings. The van der Waals surface area contributed by atoms with Crippen LogP contribution >= 0.6 is 0 Å². The Morgan fingerprint density at radius 3 is 2.51 bits per heavy atom. The fraction of sp³-hybridized carbons (Fsp3) is 0.483. The molecule has 2 unspecified atom stereocenters. The third kappa shape index (κ3) is 4.62. The Balaban J connectivity index is 2.42. The van der Waals surface area contributed by atoms with E-state index in [1.807, 2.05) is 27.8 Å². The van der Waals surface area contributed by atoms with Crippen LogP contribution in [0.3, 0.4) is 0 Å². The van der Waals surface area contributed by atoms with Crippen LogP contribution in [0.4, 0.5) is 4.39 Å². The first-order valence-electron chi connectivity index (χ1n) is 12.5. The quantitative estimate of drug-likeness (QED) is 0.282. The molecule has 0 aliphatic heterocycles. The molecule has 188 valence electrons. The molecule has 1 aromatic heterocycles. The third-order valence-corrected chi connectivity index (χ3v) is 7.52. The number of nitrogens with zero attached hydrogens (tertiary/aromatic N) is 1. The second-order valence-electron chi connectivity index (χ2n) is 9.47. The standard InChI is InChI=1S/C29H37FN2O3/c1-8-19(18(6)34)22(29(35,10-3)15-33)13-16(4)28-20(9-2)26-24(31-7)12-11-21-17(5)23(30)14-25(32-28)27(21)26/h13-15,24,31,35H,8-12H2,1-7H3/b16-13+,22-19+. The summed E-state index contributed by atoms with van der Waals surface area (Å²) >= 11 is 0. The number of aldehydes is 1. The molecule has 1 aliphatic rings. The first kappa shape index (κ1) is 26.9. The van der Waals surface area contributed by atoms with Crippen molar-refractivity contribution in [2.75, 3.05) is 7.05 Å². The maximum atomic E-state index is 14.9. The van der Waals surface area contributed by atoms with Gasteiger partial charge in [-0.2, -0.15) is 0 Å². The Hall–Kier alpha value is -2.70. The van der Waals surface area contributed by atoms with Crippen LogP contribution in [0.5, 0.6) is 0 Å². The van der Waals surface area contributed by atoms with Crippen LogP contribution < -0.4 is 5.32 Å². The van der Waals surface area contributed by atoms with Gasteiger partial charge in [0.1, 0.15) is 11.4 Å². The second kappa shape index (κ2) is 10.5. The molecule has 0 saturated carbocycles. The van der Waals surface area contributed by atoms with Crippen molar-refractivity contribution >= 4 is 28.5 Å². The summed E-state index contributed by atoms with van der Waals surface area (Å²) in [4.78, 5) is 29.3. The van der Waals surface area contributed by atoms with Crippen molar-refractivity contribution in [3.63, 3.8) is 0 Å². The van der Waals surface area contributed by atoms with Crippen LogP contribution in [0.15, 0.2) is 23.3 Å². The molecule has 1 heterocycles. The number of aliphatic hydroxyl groups is 1. The average molecular weight is 481 g/mol. The fourth-order valence-corrected chi connectivity index (χ4v) is 5.47. The SMILES string of the molecule is CC/C(C(C)=O)=C(/C=C(\C)c1nc2cc(F)c(C)c3c2c(c1CC)C(NC)CC3)C(O)(C=O)CC. The highest BCUT2D eigenvalue weighted by Gasteiger charge is 2.33. The van der Waals surface area contributed by atoms with E-state index >= 15 is 0 Å². The van der Waals surface area contributed by atoms with Crippen LogP contribution in [0, 0.1) is 12.7 Å². The topological polar surface area (TPSA) is 79.3 Å². The molecule has 0 radical (unpaired) electrons. The number of aromatic nitrogens is 1. The largest absolute Gasteiger partial charge is 0.378 e. The molecule has 3 rings (SSSR count). The van der Waals surface area contributed by atoms with E-state index in [0.29, 0.717) is 47.0 Å². The summed E-state index contributed by atoms with van der Waals surface area (Å²) < 4.78 is 14.9. The van der Waals surface area contributed by atoms with E-state index in [2.05, 4.69) is 12.2 Å². The molecule has 0 saturated heterocycles. The third-order valence-electron chi connectivity index (χ3n) is 7.52. The number of nitrogens with one attached hydrogen (secondary N) is 1. The number of aryl methyl sites for hydroxylation is 1. The highest BCUT2D eigenvalue weighted by Crippen LogP contribution is 2.42. The summed E-state index contributed by atoms with van der Waals surface area (Å²) in [7, 11) is 1.94. The Morgan fingerprint density at radius 1 is 1.31 bits per heavy atom. The number of allylic oxidation sites excluding steroid dienone is 2. The van der Waals surface area contributed by atoms with E-state index in [9.17, 15) is 19.1 Å². The van der Waals surface area contributed by atoms with Gasteiger partial charge in [-0.1, -0.05) is 26.8 Å². The molecule has 35 heavy (non-hydrogen) atoms. The van der Waals surface area contributed by atoms with Crippen molar-refractivity contribution in [1.29, 1.82) is 0 Å². The number of carbonyl (C=O) groups is 2. The monoisotopic (exact) mass is 480 g/mol. The van der Waals surface area contributed by atoms with Gasteiger partial charge in [0.2, 0.25) is 0 Å². The van der Waals surface area contributed by atoms with E-state index in [4.69, 9.17) is 4.98 Å². The van der Waals surface area contributed by atoms with Gasteiger partial charge in [-0.05, 0) is 93.3 Å². The lowest BCUT2D eigenvalue weighted by Gasteiger charge is -2.30. The molecule has 1 aromatic carbocycles. The molecule has 2 atom stereocenters. The summed E-state index contributed by atoms with van der Waals surface area (Å²) in [5.74, 6) is -0.451. The fourth-order valence-electron chi connectivity index (χ4n) is 5.47. The molecule has 0 fully saturated rings. The summed E-state index contributed by atoms with van der Waals surface area (Å²) in [5, 5.41) is 15.6. The van der Waals surface area contributed by atoms with E-state index in [0.717, 1.165) is 40.5 Å². The molecular formula is C29H37FN2O3. The number of carbonyl (C=O) groups excluding carboxylic acids is 2. The maximum absolute atomic E-state index is 14.9. The van der Waals surface area contributed by atoms with Gasteiger partial charge >= 0.3 is 0 Å². The first-order valence-corrected chi connectivity index (χ1v) is 12.5. The Kier molecular flexibility index (Phi) is 8.07. The van der Waals surface area contributed by atoms with Crippen molar-refractivity contribution in [3.05, 3.63) is 57.1 Å². The summed E-state index contributed by atoms with van der Waals surface area (Å²) in [5.41, 5.74) is 4.86. The molecule has 1 aliphatic carbocycles. The van der Waals surface area contributed by atoms with Gasteiger partial charge in [-0.15, -0.1) is 0 Å². The molecule has 0 spiro atoms. The first-order chi connectivity index (χ1) is 16.6. The predicted octanol–water partition coefficient (Wildman–Crippen LogP) is 5.49. The van der Waals surface area contributed by atoms with Crippen molar-refractivity contribution in [2.45, 2.75) is 85.3 Å². The van der Waals surface area contributed by atoms with Gasteiger partial charge in [0.25, 0.3) is 0 Å².